The predicted molar refractivity (Wildman–Crippen MR) is 69.9 cm³/mol. The molecule has 15 heavy (non-hydrogen) atoms. The zero-order valence-electron chi connectivity index (χ0n) is 10.3. The summed E-state index contributed by atoms with van der Waals surface area (Å²) in [5.41, 5.74) is 2.88. The fourth-order valence-corrected chi connectivity index (χ4v) is 1.07. The van der Waals surface area contributed by atoms with E-state index in [0.29, 0.717) is 0 Å². The molecule has 0 spiro atoms. The molecule has 0 aromatic carbocycles. The van der Waals surface area contributed by atoms with Gasteiger partial charge in [0.1, 0.15) is 0 Å². The molecule has 1 aliphatic heterocycles. The number of hydrogen-bond donors (Lipinski definition) is 0. The Kier molecular flexibility index (Phi) is 7.16. The Morgan fingerprint density at radius 1 is 1.27 bits per heavy atom. The topological polar surface area (TPSA) is 24.7 Å². The summed E-state index contributed by atoms with van der Waals surface area (Å²) in [6, 6.07) is 0. The first kappa shape index (κ1) is 13.6. The fraction of sp³-hybridized carbons (Fsp3) is 0.385. The molecule has 0 saturated heterocycles. The van der Waals surface area contributed by atoms with E-state index >= 15 is 0 Å². The van der Waals surface area contributed by atoms with Gasteiger partial charge in [0.05, 0.1) is 11.4 Å². The van der Waals surface area contributed by atoms with Gasteiger partial charge in [-0.2, -0.15) is 0 Å². The van der Waals surface area contributed by atoms with Gasteiger partial charge in [-0.3, -0.25) is 9.98 Å². The lowest BCUT2D eigenvalue weighted by molar-refractivity contribution is 1.36. The highest BCUT2D eigenvalue weighted by Crippen LogP contribution is 2.09. The Morgan fingerprint density at radius 2 is 1.93 bits per heavy atom. The van der Waals surface area contributed by atoms with Crippen LogP contribution in [0.5, 0.6) is 0 Å². The minimum absolute atomic E-state index is 0.931. The van der Waals surface area contributed by atoms with Crippen molar-refractivity contribution in [3.05, 3.63) is 36.1 Å². The molecule has 0 aromatic heterocycles. The molecule has 0 amide bonds. The van der Waals surface area contributed by atoms with Gasteiger partial charge in [0.25, 0.3) is 0 Å². The van der Waals surface area contributed by atoms with Crippen LogP contribution in [-0.2, 0) is 0 Å². The molecule has 82 valence electrons. The molecule has 1 rings (SSSR count). The molecule has 2 heteroatoms. The van der Waals surface area contributed by atoms with Crippen LogP contribution in [0.25, 0.3) is 0 Å². The van der Waals surface area contributed by atoms with Gasteiger partial charge in [-0.25, -0.2) is 0 Å². The molecule has 0 unspecified atom stereocenters. The van der Waals surface area contributed by atoms with E-state index in [2.05, 4.69) is 9.98 Å². The van der Waals surface area contributed by atoms with E-state index in [1.165, 1.54) is 0 Å². The van der Waals surface area contributed by atoms with Crippen LogP contribution in [0.1, 0.15) is 27.7 Å². The van der Waals surface area contributed by atoms with Crippen molar-refractivity contribution in [2.75, 3.05) is 7.05 Å². The molecule has 0 aliphatic carbocycles. The maximum Gasteiger partial charge on any atom is 0.0884 e. The van der Waals surface area contributed by atoms with Gasteiger partial charge in [0.2, 0.25) is 0 Å². The monoisotopic (exact) mass is 204 g/mol. The normalized spacial score (nSPS) is 20.5. The predicted octanol–water partition coefficient (Wildman–Crippen LogP) is 3.57. The van der Waals surface area contributed by atoms with Crippen LogP contribution in [0.2, 0.25) is 0 Å². The number of nitrogens with zero attached hydrogens (tertiary/aromatic N) is 2. The second kappa shape index (κ2) is 7.92. The van der Waals surface area contributed by atoms with Crippen LogP contribution in [0.4, 0.5) is 0 Å². The van der Waals surface area contributed by atoms with Crippen LogP contribution in [0, 0.1) is 0 Å². The fourth-order valence-electron chi connectivity index (χ4n) is 1.07. The molecule has 2 nitrogen and oxygen atoms in total. The molecule has 0 aromatic rings. The number of dihydropyridines is 1. The Bertz CT molecular complexity index is 328. The van der Waals surface area contributed by atoms with Crippen molar-refractivity contribution < 1.29 is 0 Å². The van der Waals surface area contributed by atoms with Crippen LogP contribution < -0.4 is 0 Å². The van der Waals surface area contributed by atoms with Gasteiger partial charge in [-0.1, -0.05) is 26.0 Å². The Hall–Kier alpha value is -1.44. The van der Waals surface area contributed by atoms with Crippen molar-refractivity contribution in [2.24, 2.45) is 9.98 Å². The van der Waals surface area contributed by atoms with Gasteiger partial charge in [-0.15, -0.1) is 0 Å². The van der Waals surface area contributed by atoms with Gasteiger partial charge >= 0.3 is 0 Å². The first-order valence-electron chi connectivity index (χ1n) is 5.31. The van der Waals surface area contributed by atoms with Crippen LogP contribution in [0.15, 0.2) is 46.1 Å². The number of hydrogen-bond acceptors (Lipinski definition) is 2. The van der Waals surface area contributed by atoms with Crippen LogP contribution in [0.3, 0.4) is 0 Å². The van der Waals surface area contributed by atoms with Crippen molar-refractivity contribution in [1.29, 1.82) is 0 Å². The third-order valence-electron chi connectivity index (χ3n) is 1.73. The van der Waals surface area contributed by atoms with E-state index in [9.17, 15) is 0 Å². The summed E-state index contributed by atoms with van der Waals surface area (Å²) >= 11 is 0. The van der Waals surface area contributed by atoms with Crippen LogP contribution in [-0.4, -0.2) is 18.5 Å². The first-order valence-corrected chi connectivity index (χ1v) is 5.31. The second-order valence-electron chi connectivity index (χ2n) is 2.77. The summed E-state index contributed by atoms with van der Waals surface area (Å²) in [7, 11) is 1.78. The summed E-state index contributed by atoms with van der Waals surface area (Å²) in [6.07, 6.45) is 9.86. The average Bonchev–Trinajstić information content (AvgIpc) is 2.29. The molecular formula is C13H20N2. The van der Waals surface area contributed by atoms with E-state index in [1.54, 1.807) is 7.05 Å². The lowest BCUT2D eigenvalue weighted by atomic mass is 10.1. The highest BCUT2D eigenvalue weighted by atomic mass is 14.8. The molecule has 0 bridgehead atoms. The summed E-state index contributed by atoms with van der Waals surface area (Å²) in [5.74, 6) is 0. The van der Waals surface area contributed by atoms with E-state index in [1.807, 2.05) is 58.1 Å². The quantitative estimate of drug-likeness (QED) is 0.624. The summed E-state index contributed by atoms with van der Waals surface area (Å²) in [5, 5.41) is 0. The molecule has 1 aliphatic rings. The SMILES string of the molecule is C/C=C\C=C1\N=C(C)C=CC1=NC.CC. The van der Waals surface area contributed by atoms with Crippen molar-refractivity contribution in [1.82, 2.24) is 0 Å². The maximum absolute atomic E-state index is 4.38. The Morgan fingerprint density at radius 3 is 2.47 bits per heavy atom. The Balaban J connectivity index is 0.000000921. The third kappa shape index (κ3) is 4.54. The maximum atomic E-state index is 4.38. The van der Waals surface area contributed by atoms with Gasteiger partial charge in [0.15, 0.2) is 0 Å². The molecule has 0 atom stereocenters. The molecule has 0 saturated carbocycles. The van der Waals surface area contributed by atoms with E-state index < -0.39 is 0 Å². The zero-order chi connectivity index (χ0) is 11.7. The number of aliphatic imine (C=N–C) groups is 2. The molecule has 0 radical (unpaired) electrons. The van der Waals surface area contributed by atoms with Crippen molar-refractivity contribution in [3.63, 3.8) is 0 Å². The highest BCUT2D eigenvalue weighted by Gasteiger charge is 2.05. The lowest BCUT2D eigenvalue weighted by Gasteiger charge is -2.06. The summed E-state index contributed by atoms with van der Waals surface area (Å²) in [6.45, 7) is 7.96. The summed E-state index contributed by atoms with van der Waals surface area (Å²) < 4.78 is 0. The van der Waals surface area contributed by atoms with Crippen molar-refractivity contribution in [3.8, 4) is 0 Å². The lowest BCUT2D eigenvalue weighted by Crippen LogP contribution is -2.05. The van der Waals surface area contributed by atoms with Crippen molar-refractivity contribution >= 4 is 11.4 Å². The molecule has 0 fully saturated rings. The number of allylic oxidation sites excluding steroid dienone is 5. The third-order valence-corrected chi connectivity index (χ3v) is 1.73. The number of rotatable bonds is 1. The minimum Gasteiger partial charge on any atom is -0.286 e. The van der Waals surface area contributed by atoms with E-state index in [-0.39, 0.29) is 0 Å². The first-order chi connectivity index (χ1) is 7.27. The standard InChI is InChI=1S/C11H14N2.C2H6/c1-4-5-6-11-10(12-3)8-7-9(2)13-11;1-2/h4-8H,1-3H3;1-2H3/b5-4-,11-6+,12-10?;. The van der Waals surface area contributed by atoms with Gasteiger partial charge in [-0.05, 0) is 32.1 Å². The largest absolute Gasteiger partial charge is 0.286 e. The Labute approximate surface area is 92.8 Å². The molecule has 0 N–H and O–H groups in total. The highest BCUT2D eigenvalue weighted by molar-refractivity contribution is 6.16. The van der Waals surface area contributed by atoms with E-state index in [0.717, 1.165) is 17.1 Å². The second-order valence-corrected chi connectivity index (χ2v) is 2.77. The van der Waals surface area contributed by atoms with Gasteiger partial charge in [0, 0.05) is 12.8 Å². The zero-order valence-corrected chi connectivity index (χ0v) is 10.3. The molecule has 1 heterocycles. The smallest absolute Gasteiger partial charge is 0.0884 e. The van der Waals surface area contributed by atoms with Crippen molar-refractivity contribution in [2.45, 2.75) is 27.7 Å². The van der Waals surface area contributed by atoms with Crippen LogP contribution >= 0.6 is 0 Å². The van der Waals surface area contributed by atoms with E-state index in [4.69, 9.17) is 0 Å². The molecular weight excluding hydrogens is 184 g/mol. The summed E-state index contributed by atoms with van der Waals surface area (Å²) in [4.78, 5) is 8.52. The average molecular weight is 204 g/mol. The van der Waals surface area contributed by atoms with Gasteiger partial charge < -0.3 is 0 Å². The minimum atomic E-state index is 0.931.